The number of aromatic nitrogens is 2. The molecule has 0 radical (unpaired) electrons. The largest absolute Gasteiger partial charge is 0.331 e. The van der Waals surface area contributed by atoms with Gasteiger partial charge in [-0.2, -0.15) is 0 Å². The van der Waals surface area contributed by atoms with Gasteiger partial charge in [-0.1, -0.05) is 12.1 Å². The molecule has 0 saturated heterocycles. The Kier molecular flexibility index (Phi) is 3.88. The number of nitrogens with one attached hydrogen (secondary N) is 1. The van der Waals surface area contributed by atoms with Gasteiger partial charge in [0.1, 0.15) is 11.6 Å². The molecule has 4 heteroatoms. The van der Waals surface area contributed by atoms with E-state index < -0.39 is 0 Å². The molecule has 0 amide bonds. The Morgan fingerprint density at radius 2 is 2.18 bits per heavy atom. The molecule has 0 saturated carbocycles. The van der Waals surface area contributed by atoms with Crippen LogP contribution in [0.5, 0.6) is 0 Å². The molecule has 0 bridgehead atoms. The summed E-state index contributed by atoms with van der Waals surface area (Å²) in [5.41, 5.74) is 0.557. The molecule has 17 heavy (non-hydrogen) atoms. The van der Waals surface area contributed by atoms with Crippen LogP contribution in [0.2, 0.25) is 0 Å². The third kappa shape index (κ3) is 2.71. The lowest BCUT2D eigenvalue weighted by Crippen LogP contribution is -2.11. The van der Waals surface area contributed by atoms with Crippen molar-refractivity contribution < 1.29 is 4.39 Å². The predicted molar refractivity (Wildman–Crippen MR) is 66.2 cm³/mol. The lowest BCUT2D eigenvalue weighted by atomic mass is 10.2. The van der Waals surface area contributed by atoms with E-state index in [4.69, 9.17) is 0 Å². The number of hydrogen-bond donors (Lipinski definition) is 1. The van der Waals surface area contributed by atoms with Gasteiger partial charge >= 0.3 is 0 Å². The van der Waals surface area contributed by atoms with E-state index in [-0.39, 0.29) is 5.82 Å². The van der Waals surface area contributed by atoms with Gasteiger partial charge in [-0.3, -0.25) is 0 Å². The van der Waals surface area contributed by atoms with Crippen molar-refractivity contribution in [1.82, 2.24) is 14.9 Å². The quantitative estimate of drug-likeness (QED) is 0.803. The summed E-state index contributed by atoms with van der Waals surface area (Å²) in [5, 5.41) is 3.09. The Morgan fingerprint density at radius 3 is 2.94 bits per heavy atom. The van der Waals surface area contributed by atoms with Gasteiger partial charge in [0.25, 0.3) is 0 Å². The van der Waals surface area contributed by atoms with E-state index in [2.05, 4.69) is 10.3 Å². The summed E-state index contributed by atoms with van der Waals surface area (Å²) in [6.45, 7) is 1.78. The SMILES string of the molecule is CNCCCn1ccnc1-c1ccccc1F. The molecule has 0 spiro atoms. The molecule has 2 aromatic rings. The summed E-state index contributed by atoms with van der Waals surface area (Å²) in [6, 6.07) is 6.73. The highest BCUT2D eigenvalue weighted by molar-refractivity contribution is 5.56. The maximum absolute atomic E-state index is 13.7. The Balaban J connectivity index is 2.22. The molecule has 0 atom stereocenters. The Hall–Kier alpha value is -1.68. The van der Waals surface area contributed by atoms with Crippen molar-refractivity contribution in [2.24, 2.45) is 0 Å². The van der Waals surface area contributed by atoms with Gasteiger partial charge in [0, 0.05) is 18.9 Å². The molecular weight excluding hydrogens is 217 g/mol. The Labute approximate surface area is 100 Å². The zero-order chi connectivity index (χ0) is 12.1. The molecule has 1 heterocycles. The standard InChI is InChI=1S/C13H16FN3/c1-15-7-4-9-17-10-8-16-13(17)11-5-2-3-6-12(11)14/h2-3,5-6,8,10,15H,4,7,9H2,1H3. The van der Waals surface area contributed by atoms with Gasteiger partial charge in [-0.05, 0) is 32.1 Å². The van der Waals surface area contributed by atoms with E-state index in [0.717, 1.165) is 19.5 Å². The van der Waals surface area contributed by atoms with Crippen molar-refractivity contribution in [3.05, 3.63) is 42.5 Å². The number of halogens is 1. The molecule has 0 aliphatic carbocycles. The summed E-state index contributed by atoms with van der Waals surface area (Å²) >= 11 is 0. The maximum atomic E-state index is 13.7. The first kappa shape index (κ1) is 11.8. The lowest BCUT2D eigenvalue weighted by Gasteiger charge is -2.08. The van der Waals surface area contributed by atoms with Crippen LogP contribution in [0.25, 0.3) is 11.4 Å². The molecule has 2 rings (SSSR count). The van der Waals surface area contributed by atoms with Crippen molar-refractivity contribution in [3.8, 4) is 11.4 Å². The number of nitrogens with zero attached hydrogens (tertiary/aromatic N) is 2. The third-order valence-corrected chi connectivity index (χ3v) is 2.66. The fourth-order valence-electron chi connectivity index (χ4n) is 1.80. The average molecular weight is 233 g/mol. The molecule has 0 aliphatic heterocycles. The summed E-state index contributed by atoms with van der Waals surface area (Å²) in [5.74, 6) is 0.466. The second-order valence-corrected chi connectivity index (χ2v) is 3.88. The summed E-state index contributed by atoms with van der Waals surface area (Å²) in [4.78, 5) is 4.23. The minimum absolute atomic E-state index is 0.228. The highest BCUT2D eigenvalue weighted by atomic mass is 19.1. The number of benzene rings is 1. The van der Waals surface area contributed by atoms with Crippen LogP contribution in [0.3, 0.4) is 0 Å². The highest BCUT2D eigenvalue weighted by Gasteiger charge is 2.09. The smallest absolute Gasteiger partial charge is 0.142 e. The fraction of sp³-hybridized carbons (Fsp3) is 0.308. The van der Waals surface area contributed by atoms with Gasteiger partial charge in [0.2, 0.25) is 0 Å². The molecule has 1 aromatic carbocycles. The van der Waals surface area contributed by atoms with Crippen molar-refractivity contribution in [1.29, 1.82) is 0 Å². The van der Waals surface area contributed by atoms with Crippen molar-refractivity contribution in [3.63, 3.8) is 0 Å². The Morgan fingerprint density at radius 1 is 1.35 bits per heavy atom. The average Bonchev–Trinajstić information content (AvgIpc) is 2.78. The van der Waals surface area contributed by atoms with Crippen LogP contribution in [0, 0.1) is 5.82 Å². The predicted octanol–water partition coefficient (Wildman–Crippen LogP) is 2.30. The molecule has 3 nitrogen and oxygen atoms in total. The molecule has 0 aliphatic rings. The molecule has 0 fully saturated rings. The van der Waals surface area contributed by atoms with Crippen LogP contribution in [-0.4, -0.2) is 23.1 Å². The summed E-state index contributed by atoms with van der Waals surface area (Å²) in [7, 11) is 1.92. The third-order valence-electron chi connectivity index (χ3n) is 2.66. The molecule has 1 N–H and O–H groups in total. The van der Waals surface area contributed by atoms with E-state index in [9.17, 15) is 4.39 Å². The van der Waals surface area contributed by atoms with Crippen molar-refractivity contribution >= 4 is 0 Å². The lowest BCUT2D eigenvalue weighted by molar-refractivity contribution is 0.606. The summed E-state index contributed by atoms with van der Waals surface area (Å²) in [6.07, 6.45) is 4.59. The van der Waals surface area contributed by atoms with Crippen LogP contribution >= 0.6 is 0 Å². The van der Waals surface area contributed by atoms with Gasteiger partial charge in [0.15, 0.2) is 0 Å². The van der Waals surface area contributed by atoms with E-state index in [1.807, 2.05) is 23.9 Å². The van der Waals surface area contributed by atoms with Crippen LogP contribution < -0.4 is 5.32 Å². The summed E-state index contributed by atoms with van der Waals surface area (Å²) < 4.78 is 15.6. The molecule has 90 valence electrons. The maximum Gasteiger partial charge on any atom is 0.142 e. The van der Waals surface area contributed by atoms with Crippen molar-refractivity contribution in [2.45, 2.75) is 13.0 Å². The van der Waals surface area contributed by atoms with Crippen LogP contribution in [0.15, 0.2) is 36.7 Å². The normalized spacial score (nSPS) is 10.7. The minimum Gasteiger partial charge on any atom is -0.331 e. The number of aryl methyl sites for hydroxylation is 1. The van der Waals surface area contributed by atoms with Crippen molar-refractivity contribution in [2.75, 3.05) is 13.6 Å². The minimum atomic E-state index is -0.228. The zero-order valence-electron chi connectivity index (χ0n) is 9.86. The van der Waals surface area contributed by atoms with Gasteiger partial charge in [-0.15, -0.1) is 0 Å². The van der Waals surface area contributed by atoms with E-state index in [1.54, 1.807) is 18.3 Å². The first-order valence-electron chi connectivity index (χ1n) is 5.73. The zero-order valence-corrected chi connectivity index (χ0v) is 9.86. The molecule has 0 unspecified atom stereocenters. The molecular formula is C13H16FN3. The van der Waals surface area contributed by atoms with E-state index in [1.165, 1.54) is 6.07 Å². The fourth-order valence-corrected chi connectivity index (χ4v) is 1.80. The van der Waals surface area contributed by atoms with Gasteiger partial charge in [0.05, 0.1) is 5.56 Å². The number of hydrogen-bond acceptors (Lipinski definition) is 2. The molecule has 1 aromatic heterocycles. The first-order chi connectivity index (χ1) is 8.33. The first-order valence-corrected chi connectivity index (χ1v) is 5.73. The number of imidazole rings is 1. The highest BCUT2D eigenvalue weighted by Crippen LogP contribution is 2.20. The van der Waals surface area contributed by atoms with Gasteiger partial charge < -0.3 is 9.88 Å². The second kappa shape index (κ2) is 5.59. The van der Waals surface area contributed by atoms with Gasteiger partial charge in [-0.25, -0.2) is 9.37 Å². The van der Waals surface area contributed by atoms with E-state index in [0.29, 0.717) is 11.4 Å². The Bertz CT molecular complexity index is 479. The number of rotatable bonds is 5. The topological polar surface area (TPSA) is 29.9 Å². The van der Waals surface area contributed by atoms with Crippen LogP contribution in [-0.2, 0) is 6.54 Å². The van der Waals surface area contributed by atoms with Crippen LogP contribution in [0.1, 0.15) is 6.42 Å². The van der Waals surface area contributed by atoms with E-state index >= 15 is 0 Å². The monoisotopic (exact) mass is 233 g/mol. The second-order valence-electron chi connectivity index (χ2n) is 3.88. The van der Waals surface area contributed by atoms with Crippen LogP contribution in [0.4, 0.5) is 4.39 Å².